The molecular formula is C24H24F3N7O2. The Labute approximate surface area is 204 Å². The fourth-order valence-corrected chi connectivity index (χ4v) is 4.41. The minimum Gasteiger partial charge on any atom is -0.366 e. The van der Waals surface area contributed by atoms with Gasteiger partial charge in [0.05, 0.1) is 18.3 Å². The molecule has 0 unspecified atom stereocenters. The van der Waals surface area contributed by atoms with Crippen molar-refractivity contribution in [2.24, 2.45) is 0 Å². The Hall–Kier alpha value is -4.09. The standard InChI is InChI=1S/C24H24F3N7O2/c1-15(24(25,26)27)28-22(35)18-7-8-19-21(29-18)34(17-9-11-32(19)14-17)23(36)30-20-10-12-33(31-20)13-16-5-3-2-4-6-16/h2-8,10,12,15,17H,9,11,13-14H2,1H3,(H,28,35)(H,30,31,36)/t15-,17+/m1/s1. The van der Waals surface area contributed by atoms with Crippen LogP contribution in [0.3, 0.4) is 0 Å². The van der Waals surface area contributed by atoms with E-state index in [2.05, 4.69) is 15.4 Å². The van der Waals surface area contributed by atoms with Crippen LogP contribution in [-0.4, -0.2) is 58.1 Å². The van der Waals surface area contributed by atoms with Crippen LogP contribution < -0.4 is 20.4 Å². The monoisotopic (exact) mass is 499 g/mol. The molecule has 12 heteroatoms. The van der Waals surface area contributed by atoms with Crippen molar-refractivity contribution in [1.82, 2.24) is 20.1 Å². The normalized spacial score (nSPS) is 17.5. The molecule has 2 aliphatic heterocycles. The van der Waals surface area contributed by atoms with Crippen LogP contribution in [0.4, 0.5) is 35.3 Å². The summed E-state index contributed by atoms with van der Waals surface area (Å²) >= 11 is 0. The van der Waals surface area contributed by atoms with E-state index in [-0.39, 0.29) is 17.6 Å². The molecule has 2 aliphatic rings. The number of carbonyl (C=O) groups is 2. The SMILES string of the molecule is C[C@@H](NC(=O)c1ccc2c(n1)N(C(=O)Nc1ccn(Cc3ccccc3)n1)[C@H]1CCN2C1)C(F)(F)F. The molecule has 2 atom stereocenters. The molecule has 0 saturated carbocycles. The van der Waals surface area contributed by atoms with Crippen molar-refractivity contribution < 1.29 is 22.8 Å². The highest BCUT2D eigenvalue weighted by molar-refractivity contribution is 6.05. The van der Waals surface area contributed by atoms with E-state index >= 15 is 0 Å². The van der Waals surface area contributed by atoms with Gasteiger partial charge in [0.1, 0.15) is 11.7 Å². The van der Waals surface area contributed by atoms with Gasteiger partial charge in [-0.2, -0.15) is 18.3 Å². The van der Waals surface area contributed by atoms with Gasteiger partial charge in [0.2, 0.25) is 0 Å². The lowest BCUT2D eigenvalue weighted by Gasteiger charge is -2.35. The predicted octanol–water partition coefficient (Wildman–Crippen LogP) is 3.64. The average Bonchev–Trinajstić information content (AvgIpc) is 3.46. The van der Waals surface area contributed by atoms with Gasteiger partial charge in [-0.05, 0) is 31.0 Å². The van der Waals surface area contributed by atoms with Crippen molar-refractivity contribution in [3.63, 3.8) is 0 Å². The van der Waals surface area contributed by atoms with E-state index in [1.165, 1.54) is 11.0 Å². The summed E-state index contributed by atoms with van der Waals surface area (Å²) in [7, 11) is 0. The smallest absolute Gasteiger partial charge is 0.366 e. The number of urea groups is 1. The highest BCUT2D eigenvalue weighted by Gasteiger charge is 2.41. The lowest BCUT2D eigenvalue weighted by Crippen LogP contribution is -2.49. The van der Waals surface area contributed by atoms with Crippen LogP contribution >= 0.6 is 0 Å². The molecule has 5 rings (SSSR count). The molecule has 1 fully saturated rings. The number of hydrogen-bond donors (Lipinski definition) is 2. The number of hydrogen-bond acceptors (Lipinski definition) is 5. The number of aromatic nitrogens is 3. The van der Waals surface area contributed by atoms with Crippen molar-refractivity contribution in [3.8, 4) is 0 Å². The van der Waals surface area contributed by atoms with Crippen LogP contribution in [0.15, 0.2) is 54.7 Å². The number of halogens is 3. The van der Waals surface area contributed by atoms with Gasteiger partial charge in [-0.15, -0.1) is 0 Å². The molecule has 36 heavy (non-hydrogen) atoms. The topological polar surface area (TPSA) is 95.4 Å². The van der Waals surface area contributed by atoms with Crippen LogP contribution in [-0.2, 0) is 6.54 Å². The molecule has 4 heterocycles. The van der Waals surface area contributed by atoms with Crippen LogP contribution in [0.5, 0.6) is 0 Å². The second kappa shape index (κ2) is 9.17. The van der Waals surface area contributed by atoms with Crippen molar-refractivity contribution in [2.75, 3.05) is 28.2 Å². The Morgan fingerprint density at radius 2 is 1.92 bits per heavy atom. The van der Waals surface area contributed by atoms with Gasteiger partial charge in [-0.25, -0.2) is 9.78 Å². The second-order valence-electron chi connectivity index (χ2n) is 8.85. The number of nitrogens with one attached hydrogen (secondary N) is 2. The molecule has 0 spiro atoms. The highest BCUT2D eigenvalue weighted by atomic mass is 19.4. The summed E-state index contributed by atoms with van der Waals surface area (Å²) in [6, 6.07) is 11.7. The minimum absolute atomic E-state index is 0.191. The molecule has 2 N–H and O–H groups in total. The van der Waals surface area contributed by atoms with Gasteiger partial charge in [-0.1, -0.05) is 30.3 Å². The van der Waals surface area contributed by atoms with Crippen LogP contribution in [0.1, 0.15) is 29.4 Å². The molecule has 0 aliphatic carbocycles. The van der Waals surface area contributed by atoms with E-state index in [0.29, 0.717) is 37.6 Å². The maximum absolute atomic E-state index is 13.3. The van der Waals surface area contributed by atoms with Gasteiger partial charge >= 0.3 is 12.2 Å². The summed E-state index contributed by atoms with van der Waals surface area (Å²) < 4.78 is 40.4. The number of rotatable bonds is 5. The quantitative estimate of drug-likeness (QED) is 0.559. The summed E-state index contributed by atoms with van der Waals surface area (Å²) in [6.45, 7) is 2.70. The van der Waals surface area contributed by atoms with Gasteiger partial charge in [0.15, 0.2) is 11.6 Å². The Bertz CT molecular complexity index is 1280. The zero-order chi connectivity index (χ0) is 25.4. The third-order valence-electron chi connectivity index (χ3n) is 6.31. The number of nitrogens with zero attached hydrogens (tertiary/aromatic N) is 5. The molecule has 3 amide bonds. The number of pyridine rings is 1. The molecule has 3 aromatic rings. The molecule has 0 radical (unpaired) electrons. The van der Waals surface area contributed by atoms with Crippen LogP contribution in [0, 0.1) is 0 Å². The summed E-state index contributed by atoms with van der Waals surface area (Å²) in [5, 5.41) is 9.12. The van der Waals surface area contributed by atoms with E-state index in [0.717, 1.165) is 12.5 Å². The highest BCUT2D eigenvalue weighted by Crippen LogP contribution is 2.39. The summed E-state index contributed by atoms with van der Waals surface area (Å²) in [5.41, 5.74) is 1.51. The molecular weight excluding hydrogens is 475 g/mol. The molecule has 9 nitrogen and oxygen atoms in total. The van der Waals surface area contributed by atoms with Gasteiger partial charge in [0, 0.05) is 25.4 Å². The van der Waals surface area contributed by atoms with E-state index < -0.39 is 24.2 Å². The summed E-state index contributed by atoms with van der Waals surface area (Å²) in [6.07, 6.45) is -2.13. The van der Waals surface area contributed by atoms with Crippen molar-refractivity contribution in [2.45, 2.75) is 38.1 Å². The van der Waals surface area contributed by atoms with Gasteiger partial charge < -0.3 is 10.2 Å². The first-order valence-corrected chi connectivity index (χ1v) is 11.5. The second-order valence-corrected chi connectivity index (χ2v) is 8.85. The summed E-state index contributed by atoms with van der Waals surface area (Å²) in [4.78, 5) is 33.6. The lowest BCUT2D eigenvalue weighted by atomic mass is 10.1. The minimum atomic E-state index is -4.58. The van der Waals surface area contributed by atoms with Crippen molar-refractivity contribution in [3.05, 3.63) is 66.0 Å². The third-order valence-corrected chi connectivity index (χ3v) is 6.31. The van der Waals surface area contributed by atoms with E-state index in [9.17, 15) is 22.8 Å². The largest absolute Gasteiger partial charge is 0.408 e. The number of benzene rings is 1. The van der Waals surface area contributed by atoms with E-state index in [4.69, 9.17) is 0 Å². The molecule has 1 aromatic carbocycles. The zero-order valence-electron chi connectivity index (χ0n) is 19.4. The first-order valence-electron chi connectivity index (χ1n) is 11.5. The number of carbonyl (C=O) groups excluding carboxylic acids is 2. The Morgan fingerprint density at radius 3 is 2.67 bits per heavy atom. The van der Waals surface area contributed by atoms with Crippen molar-refractivity contribution >= 4 is 29.3 Å². The first kappa shape index (κ1) is 23.6. The fourth-order valence-electron chi connectivity index (χ4n) is 4.41. The Kier molecular flexibility index (Phi) is 6.02. The Balaban J connectivity index is 1.36. The maximum atomic E-state index is 13.3. The molecule has 2 bridgehead atoms. The number of alkyl halides is 3. The maximum Gasteiger partial charge on any atom is 0.408 e. The van der Waals surface area contributed by atoms with E-state index in [1.54, 1.807) is 23.0 Å². The average molecular weight is 499 g/mol. The van der Waals surface area contributed by atoms with Crippen LogP contribution in [0.2, 0.25) is 0 Å². The third kappa shape index (κ3) is 4.70. The number of anilines is 3. The number of amides is 3. The summed E-state index contributed by atoms with van der Waals surface area (Å²) in [5.74, 6) is -0.376. The molecule has 1 saturated heterocycles. The first-order chi connectivity index (χ1) is 17.2. The number of fused-ring (bicyclic) bond motifs is 4. The van der Waals surface area contributed by atoms with Gasteiger partial charge in [-0.3, -0.25) is 19.7 Å². The van der Waals surface area contributed by atoms with E-state index in [1.807, 2.05) is 40.5 Å². The Morgan fingerprint density at radius 1 is 1.14 bits per heavy atom. The fraction of sp³-hybridized carbons (Fsp3) is 0.333. The zero-order valence-corrected chi connectivity index (χ0v) is 19.4. The molecule has 2 aromatic heterocycles. The molecule has 188 valence electrons. The lowest BCUT2D eigenvalue weighted by molar-refractivity contribution is -0.149. The van der Waals surface area contributed by atoms with Gasteiger partial charge in [0.25, 0.3) is 5.91 Å². The predicted molar refractivity (Wildman–Crippen MR) is 127 cm³/mol. The van der Waals surface area contributed by atoms with Crippen molar-refractivity contribution in [1.29, 1.82) is 0 Å². The van der Waals surface area contributed by atoms with Crippen LogP contribution in [0.25, 0.3) is 0 Å².